The van der Waals surface area contributed by atoms with Gasteiger partial charge in [-0.25, -0.2) is 8.42 Å². The molecule has 0 unspecified atom stereocenters. The molecule has 7 heteroatoms. The van der Waals surface area contributed by atoms with Crippen LogP contribution in [0, 0.1) is 0 Å². The molecule has 0 bridgehead atoms. The Bertz CT molecular complexity index is 369. The molecule has 0 atom stereocenters. The van der Waals surface area contributed by atoms with E-state index in [1.807, 2.05) is 0 Å². The van der Waals surface area contributed by atoms with Crippen molar-refractivity contribution in [2.45, 2.75) is 4.90 Å². The van der Waals surface area contributed by atoms with Crippen LogP contribution in [0.1, 0.15) is 0 Å². The SMILES string of the molecule is O=S(=O)(Br)c1cc(Cl)sc1Cl. The standard InChI is InChI=1S/C4HBrCl2O2S2/c5-11(8,9)2-1-3(6)10-4(2)7/h1H. The van der Waals surface area contributed by atoms with E-state index in [4.69, 9.17) is 23.2 Å². The van der Waals surface area contributed by atoms with E-state index >= 15 is 0 Å². The lowest BCUT2D eigenvalue weighted by atomic mass is 10.7. The highest BCUT2D eigenvalue weighted by Crippen LogP contribution is 2.36. The highest BCUT2D eigenvalue weighted by molar-refractivity contribution is 9.47. The van der Waals surface area contributed by atoms with E-state index < -0.39 is 8.27 Å². The summed E-state index contributed by atoms with van der Waals surface area (Å²) in [6, 6.07) is 1.30. The van der Waals surface area contributed by atoms with E-state index in [1.165, 1.54) is 6.07 Å². The molecule has 11 heavy (non-hydrogen) atoms. The Balaban J connectivity index is 3.36. The van der Waals surface area contributed by atoms with E-state index in [0.717, 1.165) is 11.3 Å². The number of hydrogen-bond acceptors (Lipinski definition) is 3. The number of halogens is 3. The molecule has 1 rings (SSSR count). The van der Waals surface area contributed by atoms with Crippen molar-refractivity contribution >= 4 is 57.6 Å². The maximum Gasteiger partial charge on any atom is 0.239 e. The Kier molecular flexibility index (Phi) is 2.87. The Labute approximate surface area is 85.2 Å². The molecule has 0 N–H and O–H groups in total. The number of hydrogen-bond donors (Lipinski definition) is 0. The predicted molar refractivity (Wildman–Crippen MR) is 50.5 cm³/mol. The molecule has 0 aliphatic carbocycles. The lowest BCUT2D eigenvalue weighted by Gasteiger charge is -1.88. The summed E-state index contributed by atoms with van der Waals surface area (Å²) < 4.78 is 22.2. The van der Waals surface area contributed by atoms with Crippen LogP contribution in [0.4, 0.5) is 0 Å². The van der Waals surface area contributed by atoms with Gasteiger partial charge >= 0.3 is 0 Å². The van der Waals surface area contributed by atoms with Gasteiger partial charge in [0, 0.05) is 0 Å². The van der Waals surface area contributed by atoms with Crippen molar-refractivity contribution in [3.05, 3.63) is 14.7 Å². The van der Waals surface area contributed by atoms with Gasteiger partial charge in [-0.1, -0.05) is 23.2 Å². The monoisotopic (exact) mass is 294 g/mol. The molecule has 2 nitrogen and oxygen atoms in total. The summed E-state index contributed by atoms with van der Waals surface area (Å²) in [6.07, 6.45) is 0. The van der Waals surface area contributed by atoms with Crippen molar-refractivity contribution < 1.29 is 8.42 Å². The molecule has 1 aromatic rings. The maximum atomic E-state index is 10.8. The molecule has 0 saturated heterocycles. The zero-order valence-electron chi connectivity index (χ0n) is 4.84. The van der Waals surface area contributed by atoms with Gasteiger partial charge in [0.1, 0.15) is 9.23 Å². The quantitative estimate of drug-likeness (QED) is 0.746. The number of thiophene rings is 1. The first-order valence-electron chi connectivity index (χ1n) is 2.31. The van der Waals surface area contributed by atoms with Crippen LogP contribution in [0.5, 0.6) is 0 Å². The van der Waals surface area contributed by atoms with Crippen molar-refractivity contribution in [3.8, 4) is 0 Å². The van der Waals surface area contributed by atoms with Gasteiger partial charge in [0.2, 0.25) is 8.27 Å². The number of rotatable bonds is 1. The van der Waals surface area contributed by atoms with Crippen LogP contribution >= 0.6 is 49.4 Å². The molecule has 1 aromatic heterocycles. The molecule has 62 valence electrons. The largest absolute Gasteiger partial charge is 0.239 e. The third-order valence-corrected chi connectivity index (χ3v) is 4.51. The first-order valence-corrected chi connectivity index (χ1v) is 7.20. The van der Waals surface area contributed by atoms with Crippen molar-refractivity contribution in [1.29, 1.82) is 0 Å². The average Bonchev–Trinajstić information content (AvgIpc) is 2.08. The van der Waals surface area contributed by atoms with Gasteiger partial charge in [-0.15, -0.1) is 11.3 Å². The molecule has 0 amide bonds. The molecular weight excluding hydrogens is 295 g/mol. The Hall–Kier alpha value is 0.710. The van der Waals surface area contributed by atoms with Gasteiger partial charge in [0.05, 0.1) is 19.1 Å². The van der Waals surface area contributed by atoms with Crippen LogP contribution < -0.4 is 0 Å². The first-order chi connectivity index (χ1) is 4.91. The molecule has 0 aliphatic rings. The van der Waals surface area contributed by atoms with Gasteiger partial charge in [0.15, 0.2) is 0 Å². The van der Waals surface area contributed by atoms with Crippen LogP contribution in [0.15, 0.2) is 11.0 Å². The van der Waals surface area contributed by atoms with Gasteiger partial charge in [0.25, 0.3) is 0 Å². The summed E-state index contributed by atoms with van der Waals surface area (Å²) in [5, 5.41) is 0. The molecule has 0 saturated carbocycles. The van der Waals surface area contributed by atoms with Gasteiger partial charge < -0.3 is 0 Å². The maximum absolute atomic E-state index is 10.8. The summed E-state index contributed by atoms with van der Waals surface area (Å²) in [6.45, 7) is 0. The molecule has 1 heterocycles. The molecule has 0 spiro atoms. The Morgan fingerprint density at radius 3 is 2.18 bits per heavy atom. The second-order valence-electron chi connectivity index (χ2n) is 1.63. The Morgan fingerprint density at radius 1 is 1.45 bits per heavy atom. The van der Waals surface area contributed by atoms with Crippen molar-refractivity contribution in [2.75, 3.05) is 0 Å². The summed E-state index contributed by atoms with van der Waals surface area (Å²) in [7, 11) is -3.41. The average molecular weight is 296 g/mol. The summed E-state index contributed by atoms with van der Waals surface area (Å²) in [4.78, 5) is 0.0224. The zero-order chi connectivity index (χ0) is 8.65. The minimum absolute atomic E-state index is 0.0224. The third kappa shape index (κ3) is 2.32. The van der Waals surface area contributed by atoms with E-state index in [9.17, 15) is 8.42 Å². The smallest absolute Gasteiger partial charge is 0.212 e. The van der Waals surface area contributed by atoms with Crippen molar-refractivity contribution in [3.63, 3.8) is 0 Å². The minimum atomic E-state index is -3.41. The Morgan fingerprint density at radius 2 is 2.00 bits per heavy atom. The molecular formula is C4HBrCl2O2S2. The third-order valence-electron chi connectivity index (χ3n) is 0.888. The fraction of sp³-hybridized carbons (Fsp3) is 0. The van der Waals surface area contributed by atoms with Crippen LogP contribution in [-0.2, 0) is 8.27 Å². The fourth-order valence-corrected chi connectivity index (χ4v) is 4.48. The highest BCUT2D eigenvalue weighted by atomic mass is 79.9. The highest BCUT2D eigenvalue weighted by Gasteiger charge is 2.17. The summed E-state index contributed by atoms with van der Waals surface area (Å²) >= 11 is 14.6. The first kappa shape index (κ1) is 9.80. The van der Waals surface area contributed by atoms with Crippen LogP contribution in [0.3, 0.4) is 0 Å². The second kappa shape index (κ2) is 3.22. The molecule has 0 aromatic carbocycles. The van der Waals surface area contributed by atoms with E-state index in [2.05, 4.69) is 14.8 Å². The lowest BCUT2D eigenvalue weighted by Crippen LogP contribution is -1.85. The van der Waals surface area contributed by atoms with Crippen LogP contribution in [0.2, 0.25) is 8.67 Å². The predicted octanol–water partition coefficient (Wildman–Crippen LogP) is 3.14. The van der Waals surface area contributed by atoms with E-state index in [0.29, 0.717) is 4.34 Å². The normalized spacial score (nSPS) is 11.9. The van der Waals surface area contributed by atoms with Crippen molar-refractivity contribution in [1.82, 2.24) is 0 Å². The minimum Gasteiger partial charge on any atom is -0.212 e. The molecule has 0 aliphatic heterocycles. The molecule has 0 radical (unpaired) electrons. The lowest BCUT2D eigenvalue weighted by molar-refractivity contribution is 0.612. The van der Waals surface area contributed by atoms with E-state index in [-0.39, 0.29) is 9.23 Å². The van der Waals surface area contributed by atoms with Crippen LogP contribution in [0.25, 0.3) is 0 Å². The zero-order valence-corrected chi connectivity index (χ0v) is 9.58. The van der Waals surface area contributed by atoms with E-state index in [1.54, 1.807) is 0 Å². The van der Waals surface area contributed by atoms with Crippen molar-refractivity contribution in [2.24, 2.45) is 0 Å². The van der Waals surface area contributed by atoms with Gasteiger partial charge in [-0.2, -0.15) is 0 Å². The van der Waals surface area contributed by atoms with Gasteiger partial charge in [-0.3, -0.25) is 0 Å². The molecule has 0 fully saturated rings. The fourth-order valence-electron chi connectivity index (χ4n) is 0.491. The summed E-state index contributed by atoms with van der Waals surface area (Å²) in [5.41, 5.74) is 0. The van der Waals surface area contributed by atoms with Gasteiger partial charge in [-0.05, 0) is 6.07 Å². The second-order valence-corrected chi connectivity index (χ2v) is 7.78. The van der Waals surface area contributed by atoms with Crippen LogP contribution in [-0.4, -0.2) is 8.42 Å². The summed E-state index contributed by atoms with van der Waals surface area (Å²) in [5.74, 6) is 0. The topological polar surface area (TPSA) is 34.1 Å².